The number of anilines is 1. The van der Waals surface area contributed by atoms with E-state index in [4.69, 9.17) is 4.74 Å². The summed E-state index contributed by atoms with van der Waals surface area (Å²) < 4.78 is 5.77. The molecule has 2 aromatic carbocycles. The van der Waals surface area contributed by atoms with Crippen LogP contribution in [0.3, 0.4) is 0 Å². The van der Waals surface area contributed by atoms with E-state index in [1.807, 2.05) is 30.3 Å². The van der Waals surface area contributed by atoms with Crippen molar-refractivity contribution in [2.45, 2.75) is 6.61 Å². The number of para-hydroxylation sites is 2. The average molecular weight is 332 g/mol. The van der Waals surface area contributed by atoms with Gasteiger partial charge in [-0.1, -0.05) is 42.5 Å². The molecular formula is C20H16N2O3. The van der Waals surface area contributed by atoms with Gasteiger partial charge in [0, 0.05) is 18.0 Å². The number of carbonyl (C=O) groups is 2. The number of pyridine rings is 1. The first kappa shape index (κ1) is 16.4. The molecule has 0 atom stereocenters. The summed E-state index contributed by atoms with van der Waals surface area (Å²) in [5.74, 6) is -0.881. The number of hydrogen-bond acceptors (Lipinski definition) is 4. The lowest BCUT2D eigenvalue weighted by atomic mass is 10.2. The Balaban J connectivity index is 1.70. The molecule has 0 unspecified atom stereocenters. The third kappa shape index (κ3) is 4.29. The van der Waals surface area contributed by atoms with Crippen LogP contribution in [0.15, 0.2) is 79.1 Å². The van der Waals surface area contributed by atoms with Gasteiger partial charge in [0.25, 0.3) is 11.7 Å². The van der Waals surface area contributed by atoms with Gasteiger partial charge in [-0.25, -0.2) is 0 Å². The number of nitrogens with one attached hydrogen (secondary N) is 1. The van der Waals surface area contributed by atoms with Crippen LogP contribution in [0.25, 0.3) is 0 Å². The summed E-state index contributed by atoms with van der Waals surface area (Å²) in [6, 6.07) is 19.9. The number of ketones is 1. The van der Waals surface area contributed by atoms with Crippen molar-refractivity contribution in [2.75, 3.05) is 5.32 Å². The van der Waals surface area contributed by atoms with Gasteiger partial charge >= 0.3 is 0 Å². The first-order valence-corrected chi connectivity index (χ1v) is 7.75. The fourth-order valence-corrected chi connectivity index (χ4v) is 2.24. The molecule has 1 aromatic heterocycles. The molecule has 0 spiro atoms. The zero-order chi connectivity index (χ0) is 17.5. The zero-order valence-corrected chi connectivity index (χ0v) is 13.4. The third-order valence-corrected chi connectivity index (χ3v) is 3.50. The quantitative estimate of drug-likeness (QED) is 0.554. The lowest BCUT2D eigenvalue weighted by molar-refractivity contribution is -0.112. The van der Waals surface area contributed by atoms with Gasteiger partial charge in [-0.05, 0) is 29.8 Å². The molecule has 25 heavy (non-hydrogen) atoms. The van der Waals surface area contributed by atoms with Crippen molar-refractivity contribution < 1.29 is 14.3 Å². The Labute approximate surface area is 145 Å². The van der Waals surface area contributed by atoms with Gasteiger partial charge in [0.1, 0.15) is 12.4 Å². The molecule has 0 fully saturated rings. The van der Waals surface area contributed by atoms with Gasteiger partial charge in [0.05, 0.1) is 5.69 Å². The Morgan fingerprint density at radius 3 is 2.44 bits per heavy atom. The smallest absolute Gasteiger partial charge is 0.296 e. The van der Waals surface area contributed by atoms with Crippen molar-refractivity contribution in [1.82, 2.24) is 4.98 Å². The Morgan fingerprint density at radius 1 is 0.920 bits per heavy atom. The van der Waals surface area contributed by atoms with E-state index in [-0.39, 0.29) is 5.56 Å². The summed E-state index contributed by atoms with van der Waals surface area (Å²) in [4.78, 5) is 28.2. The molecule has 0 radical (unpaired) electrons. The van der Waals surface area contributed by atoms with Crippen LogP contribution in [0.1, 0.15) is 15.9 Å². The number of aromatic nitrogens is 1. The Kier molecular flexibility index (Phi) is 5.16. The first-order valence-electron chi connectivity index (χ1n) is 7.75. The summed E-state index contributed by atoms with van der Waals surface area (Å²) in [5, 5.41) is 2.60. The van der Waals surface area contributed by atoms with Crippen LogP contribution in [0, 0.1) is 0 Å². The number of carbonyl (C=O) groups excluding carboxylic acids is 2. The topological polar surface area (TPSA) is 68.3 Å². The molecule has 0 aliphatic heterocycles. The summed E-state index contributed by atoms with van der Waals surface area (Å²) in [6.45, 7) is 0.365. The van der Waals surface area contributed by atoms with E-state index in [1.165, 1.54) is 6.20 Å². The van der Waals surface area contributed by atoms with Gasteiger partial charge in [0.2, 0.25) is 0 Å². The van der Waals surface area contributed by atoms with E-state index in [2.05, 4.69) is 10.3 Å². The molecule has 0 bridgehead atoms. The molecule has 1 heterocycles. The molecule has 0 aliphatic rings. The number of nitrogens with zero attached hydrogens (tertiary/aromatic N) is 1. The molecule has 5 heteroatoms. The van der Waals surface area contributed by atoms with E-state index >= 15 is 0 Å². The number of Topliss-reactive ketones (excluding diaryl/α,β-unsaturated/α-hetero) is 1. The van der Waals surface area contributed by atoms with Gasteiger partial charge in [-0.3, -0.25) is 14.6 Å². The van der Waals surface area contributed by atoms with Crippen LogP contribution < -0.4 is 10.1 Å². The van der Waals surface area contributed by atoms with Crippen LogP contribution >= 0.6 is 0 Å². The second-order valence-corrected chi connectivity index (χ2v) is 5.30. The van der Waals surface area contributed by atoms with E-state index in [1.54, 1.807) is 42.6 Å². The maximum Gasteiger partial charge on any atom is 0.296 e. The Hall–Kier alpha value is -3.47. The van der Waals surface area contributed by atoms with Crippen LogP contribution in [-0.2, 0) is 11.4 Å². The van der Waals surface area contributed by atoms with Crippen molar-refractivity contribution in [1.29, 1.82) is 0 Å². The van der Waals surface area contributed by atoms with Crippen LogP contribution in [0.4, 0.5) is 5.69 Å². The standard InChI is InChI=1S/C20H16N2O3/c23-19(16-9-6-12-21-13-16)20(24)22-17-10-4-5-11-18(17)25-14-15-7-2-1-3-8-15/h1-13H,14H2,(H,22,24). The third-order valence-electron chi connectivity index (χ3n) is 3.50. The Bertz CT molecular complexity index is 864. The average Bonchev–Trinajstić information content (AvgIpc) is 2.68. The highest BCUT2D eigenvalue weighted by molar-refractivity contribution is 6.46. The number of ether oxygens (including phenoxy) is 1. The predicted molar refractivity (Wildman–Crippen MR) is 94.4 cm³/mol. The molecule has 124 valence electrons. The highest BCUT2D eigenvalue weighted by Gasteiger charge is 2.17. The number of benzene rings is 2. The molecule has 0 saturated heterocycles. The molecule has 5 nitrogen and oxygen atoms in total. The minimum Gasteiger partial charge on any atom is -0.487 e. The molecule has 1 amide bonds. The lowest BCUT2D eigenvalue weighted by Gasteiger charge is -2.12. The van der Waals surface area contributed by atoms with E-state index in [0.29, 0.717) is 18.0 Å². The highest BCUT2D eigenvalue weighted by atomic mass is 16.5. The monoisotopic (exact) mass is 332 g/mol. The predicted octanol–water partition coefficient (Wildman–Crippen LogP) is 3.48. The van der Waals surface area contributed by atoms with Gasteiger partial charge in [-0.15, -0.1) is 0 Å². The highest BCUT2D eigenvalue weighted by Crippen LogP contribution is 2.25. The molecule has 0 saturated carbocycles. The fraction of sp³-hybridized carbons (Fsp3) is 0.0500. The second-order valence-electron chi connectivity index (χ2n) is 5.30. The summed E-state index contributed by atoms with van der Waals surface area (Å²) in [5.41, 5.74) is 1.69. The molecular weight excluding hydrogens is 316 g/mol. The zero-order valence-electron chi connectivity index (χ0n) is 13.4. The van der Waals surface area contributed by atoms with Crippen LogP contribution in [-0.4, -0.2) is 16.7 Å². The minimum absolute atomic E-state index is 0.239. The molecule has 3 rings (SSSR count). The lowest BCUT2D eigenvalue weighted by Crippen LogP contribution is -2.23. The summed E-state index contributed by atoms with van der Waals surface area (Å²) >= 11 is 0. The van der Waals surface area contributed by atoms with E-state index in [9.17, 15) is 9.59 Å². The van der Waals surface area contributed by atoms with Crippen LogP contribution in [0.2, 0.25) is 0 Å². The number of amides is 1. The molecule has 3 aromatic rings. The number of hydrogen-bond donors (Lipinski definition) is 1. The molecule has 0 aliphatic carbocycles. The van der Waals surface area contributed by atoms with Gasteiger partial charge < -0.3 is 10.1 Å². The largest absolute Gasteiger partial charge is 0.487 e. The first-order chi connectivity index (χ1) is 12.2. The van der Waals surface area contributed by atoms with Crippen molar-refractivity contribution in [3.8, 4) is 5.75 Å². The Morgan fingerprint density at radius 2 is 1.68 bits per heavy atom. The second kappa shape index (κ2) is 7.88. The van der Waals surface area contributed by atoms with Gasteiger partial charge in [0.15, 0.2) is 0 Å². The number of rotatable bonds is 6. The summed E-state index contributed by atoms with van der Waals surface area (Å²) in [7, 11) is 0. The summed E-state index contributed by atoms with van der Waals surface area (Å²) in [6.07, 6.45) is 2.90. The maximum atomic E-state index is 12.2. The maximum absolute atomic E-state index is 12.2. The minimum atomic E-state index is -0.733. The van der Waals surface area contributed by atoms with Crippen molar-refractivity contribution in [2.24, 2.45) is 0 Å². The van der Waals surface area contributed by atoms with E-state index < -0.39 is 11.7 Å². The molecule has 1 N–H and O–H groups in total. The normalized spacial score (nSPS) is 10.1. The van der Waals surface area contributed by atoms with Gasteiger partial charge in [-0.2, -0.15) is 0 Å². The van der Waals surface area contributed by atoms with Crippen LogP contribution in [0.5, 0.6) is 5.75 Å². The van der Waals surface area contributed by atoms with Crippen molar-refractivity contribution in [3.63, 3.8) is 0 Å². The fourth-order valence-electron chi connectivity index (χ4n) is 2.24. The van der Waals surface area contributed by atoms with Crippen molar-refractivity contribution >= 4 is 17.4 Å². The SMILES string of the molecule is O=C(Nc1ccccc1OCc1ccccc1)C(=O)c1cccnc1. The van der Waals surface area contributed by atoms with Crippen molar-refractivity contribution in [3.05, 3.63) is 90.3 Å². The van der Waals surface area contributed by atoms with E-state index in [0.717, 1.165) is 5.56 Å².